The fourth-order valence-corrected chi connectivity index (χ4v) is 4.55. The average molecular weight is 322 g/mol. The SMILES string of the molecule is CN=C(NCC(C)N1CCCCC1C)N1CCC2(CCOC2)C1. The van der Waals surface area contributed by atoms with E-state index >= 15 is 0 Å². The fourth-order valence-electron chi connectivity index (χ4n) is 4.55. The molecule has 0 aromatic heterocycles. The van der Waals surface area contributed by atoms with E-state index in [1.165, 1.54) is 38.6 Å². The Bertz CT molecular complexity index is 419. The van der Waals surface area contributed by atoms with E-state index in [0.717, 1.165) is 38.8 Å². The second-order valence-electron chi connectivity index (χ2n) is 7.83. The Morgan fingerprint density at radius 2 is 2.22 bits per heavy atom. The maximum atomic E-state index is 5.64. The first kappa shape index (κ1) is 17.0. The fraction of sp³-hybridized carbons (Fsp3) is 0.944. The molecule has 3 aliphatic heterocycles. The first-order valence-corrected chi connectivity index (χ1v) is 9.43. The van der Waals surface area contributed by atoms with Crippen molar-refractivity contribution in [3.8, 4) is 0 Å². The van der Waals surface area contributed by atoms with Crippen LogP contribution < -0.4 is 5.32 Å². The van der Waals surface area contributed by atoms with Crippen LogP contribution in [-0.4, -0.2) is 74.3 Å². The van der Waals surface area contributed by atoms with Gasteiger partial charge in [-0.15, -0.1) is 0 Å². The van der Waals surface area contributed by atoms with E-state index < -0.39 is 0 Å². The molecule has 0 aliphatic carbocycles. The van der Waals surface area contributed by atoms with Crippen LogP contribution in [0.2, 0.25) is 0 Å². The summed E-state index contributed by atoms with van der Waals surface area (Å²) in [6.07, 6.45) is 6.53. The average Bonchev–Trinajstić information content (AvgIpc) is 3.19. The van der Waals surface area contributed by atoms with Crippen molar-refractivity contribution in [3.63, 3.8) is 0 Å². The summed E-state index contributed by atoms with van der Waals surface area (Å²) in [7, 11) is 1.91. The Balaban J connectivity index is 1.50. The van der Waals surface area contributed by atoms with Gasteiger partial charge in [-0.2, -0.15) is 0 Å². The molecule has 1 spiro atoms. The summed E-state index contributed by atoms with van der Waals surface area (Å²) in [5, 5.41) is 3.63. The van der Waals surface area contributed by atoms with Gasteiger partial charge in [0.1, 0.15) is 0 Å². The van der Waals surface area contributed by atoms with Crippen molar-refractivity contribution in [2.45, 2.75) is 58.0 Å². The molecule has 5 nitrogen and oxygen atoms in total. The molecule has 5 heteroatoms. The van der Waals surface area contributed by atoms with E-state index in [9.17, 15) is 0 Å². The number of nitrogens with zero attached hydrogens (tertiary/aromatic N) is 3. The van der Waals surface area contributed by atoms with Crippen molar-refractivity contribution in [2.24, 2.45) is 10.4 Å². The summed E-state index contributed by atoms with van der Waals surface area (Å²) in [4.78, 5) is 9.62. The van der Waals surface area contributed by atoms with Crippen LogP contribution in [0.25, 0.3) is 0 Å². The van der Waals surface area contributed by atoms with Gasteiger partial charge < -0.3 is 15.0 Å². The molecule has 3 fully saturated rings. The van der Waals surface area contributed by atoms with Crippen LogP contribution in [0.4, 0.5) is 0 Å². The molecule has 3 atom stereocenters. The van der Waals surface area contributed by atoms with E-state index in [0.29, 0.717) is 17.5 Å². The summed E-state index contributed by atoms with van der Waals surface area (Å²) in [5.74, 6) is 1.07. The number of ether oxygens (including phenoxy) is 1. The van der Waals surface area contributed by atoms with Gasteiger partial charge in [0.15, 0.2) is 5.96 Å². The number of nitrogens with one attached hydrogen (secondary N) is 1. The largest absolute Gasteiger partial charge is 0.381 e. The number of aliphatic imine (C=N–C) groups is 1. The molecule has 0 radical (unpaired) electrons. The molecule has 132 valence electrons. The molecule has 23 heavy (non-hydrogen) atoms. The highest BCUT2D eigenvalue weighted by atomic mass is 16.5. The molecular formula is C18H34N4O. The van der Waals surface area contributed by atoms with E-state index in [1.807, 2.05) is 7.05 Å². The van der Waals surface area contributed by atoms with Crippen molar-refractivity contribution >= 4 is 5.96 Å². The lowest BCUT2D eigenvalue weighted by Gasteiger charge is -2.38. The lowest BCUT2D eigenvalue weighted by atomic mass is 9.87. The molecule has 3 aliphatic rings. The topological polar surface area (TPSA) is 40.1 Å². The van der Waals surface area contributed by atoms with Gasteiger partial charge in [0.05, 0.1) is 6.61 Å². The Hall–Kier alpha value is -0.810. The number of hydrogen-bond acceptors (Lipinski definition) is 3. The zero-order valence-electron chi connectivity index (χ0n) is 15.2. The molecule has 0 aromatic carbocycles. The molecule has 0 saturated carbocycles. The Morgan fingerprint density at radius 1 is 1.35 bits per heavy atom. The Morgan fingerprint density at radius 3 is 2.91 bits per heavy atom. The summed E-state index contributed by atoms with van der Waals surface area (Å²) >= 11 is 0. The molecule has 0 amide bonds. The van der Waals surface area contributed by atoms with Crippen LogP contribution >= 0.6 is 0 Å². The maximum absolute atomic E-state index is 5.64. The molecule has 1 N–H and O–H groups in total. The van der Waals surface area contributed by atoms with Gasteiger partial charge in [0.2, 0.25) is 0 Å². The number of guanidine groups is 1. The summed E-state index contributed by atoms with van der Waals surface area (Å²) in [6, 6.07) is 1.28. The highest BCUT2D eigenvalue weighted by Gasteiger charge is 2.42. The van der Waals surface area contributed by atoms with E-state index in [2.05, 4.69) is 34.0 Å². The van der Waals surface area contributed by atoms with E-state index in [1.54, 1.807) is 0 Å². The van der Waals surface area contributed by atoms with Gasteiger partial charge in [0, 0.05) is 50.8 Å². The number of likely N-dealkylation sites (tertiary alicyclic amines) is 2. The quantitative estimate of drug-likeness (QED) is 0.637. The smallest absolute Gasteiger partial charge is 0.193 e. The predicted molar refractivity (Wildman–Crippen MR) is 94.9 cm³/mol. The second-order valence-corrected chi connectivity index (χ2v) is 7.83. The van der Waals surface area contributed by atoms with Crippen LogP contribution in [0.5, 0.6) is 0 Å². The lowest BCUT2D eigenvalue weighted by molar-refractivity contribution is 0.115. The molecule has 3 heterocycles. The van der Waals surface area contributed by atoms with E-state index in [-0.39, 0.29) is 0 Å². The Kier molecular flexibility index (Phi) is 5.47. The molecule has 3 rings (SSSR count). The highest BCUT2D eigenvalue weighted by molar-refractivity contribution is 5.80. The van der Waals surface area contributed by atoms with Gasteiger partial charge in [-0.3, -0.25) is 9.89 Å². The Labute approximate surface area is 141 Å². The standard InChI is InChI=1S/C18H34N4O/c1-15-6-4-5-9-22(15)16(2)12-20-17(19-3)21-10-7-18(13-21)8-11-23-14-18/h15-16H,4-14H2,1-3H3,(H,19,20). The highest BCUT2D eigenvalue weighted by Crippen LogP contribution is 2.38. The van der Waals surface area contributed by atoms with Gasteiger partial charge in [-0.1, -0.05) is 6.42 Å². The van der Waals surface area contributed by atoms with Gasteiger partial charge in [-0.25, -0.2) is 0 Å². The van der Waals surface area contributed by atoms with Gasteiger partial charge in [0.25, 0.3) is 0 Å². The molecule has 3 saturated heterocycles. The van der Waals surface area contributed by atoms with Crippen molar-refractivity contribution in [2.75, 3.05) is 46.4 Å². The summed E-state index contributed by atoms with van der Waals surface area (Å²) in [6.45, 7) is 11.0. The lowest BCUT2D eigenvalue weighted by Crippen LogP contribution is -2.50. The van der Waals surface area contributed by atoms with Crippen molar-refractivity contribution in [1.82, 2.24) is 15.1 Å². The molecule has 0 aromatic rings. The van der Waals surface area contributed by atoms with Gasteiger partial charge >= 0.3 is 0 Å². The molecule has 3 unspecified atom stereocenters. The number of piperidine rings is 1. The summed E-state index contributed by atoms with van der Waals surface area (Å²) in [5.41, 5.74) is 0.393. The van der Waals surface area contributed by atoms with Crippen LogP contribution in [0, 0.1) is 5.41 Å². The monoisotopic (exact) mass is 322 g/mol. The first-order valence-electron chi connectivity index (χ1n) is 9.43. The zero-order valence-corrected chi connectivity index (χ0v) is 15.2. The maximum Gasteiger partial charge on any atom is 0.193 e. The van der Waals surface area contributed by atoms with Crippen LogP contribution in [0.3, 0.4) is 0 Å². The minimum absolute atomic E-state index is 0.393. The zero-order chi connectivity index (χ0) is 16.3. The van der Waals surface area contributed by atoms with Gasteiger partial charge in [-0.05, 0) is 46.1 Å². The van der Waals surface area contributed by atoms with E-state index in [4.69, 9.17) is 4.74 Å². The van der Waals surface area contributed by atoms with Crippen molar-refractivity contribution < 1.29 is 4.74 Å². The van der Waals surface area contributed by atoms with Crippen molar-refractivity contribution in [1.29, 1.82) is 0 Å². The third-order valence-corrected chi connectivity index (χ3v) is 6.11. The number of hydrogen-bond donors (Lipinski definition) is 1. The molecular weight excluding hydrogens is 288 g/mol. The minimum atomic E-state index is 0.393. The third kappa shape index (κ3) is 3.82. The minimum Gasteiger partial charge on any atom is -0.381 e. The first-order chi connectivity index (χ1) is 11.1. The second kappa shape index (κ2) is 7.39. The van der Waals surface area contributed by atoms with Crippen LogP contribution in [0.15, 0.2) is 4.99 Å². The van der Waals surface area contributed by atoms with Crippen molar-refractivity contribution in [3.05, 3.63) is 0 Å². The normalized spacial score (nSPS) is 34.3. The van der Waals surface area contributed by atoms with Crippen LogP contribution in [0.1, 0.15) is 46.0 Å². The third-order valence-electron chi connectivity index (χ3n) is 6.11. The summed E-state index contributed by atoms with van der Waals surface area (Å²) < 4.78 is 5.64. The molecule has 0 bridgehead atoms. The predicted octanol–water partition coefficient (Wildman–Crippen LogP) is 1.94. The van der Waals surface area contributed by atoms with Crippen LogP contribution in [-0.2, 0) is 4.74 Å². The number of rotatable bonds is 3.